The monoisotopic (exact) mass is 582 g/mol. The van der Waals surface area contributed by atoms with Gasteiger partial charge in [0, 0.05) is 48.0 Å². The molecule has 220 valence electrons. The molecule has 2 saturated heterocycles. The lowest BCUT2D eigenvalue weighted by Gasteiger charge is -2.32. The third-order valence-corrected chi connectivity index (χ3v) is 11.3. The second-order valence-corrected chi connectivity index (χ2v) is 15.9. The Bertz CT molecular complexity index is 1340. The molecular formula is C29H38N4O7Si. The topological polar surface area (TPSA) is 154 Å². The first-order valence-electron chi connectivity index (χ1n) is 14.2. The minimum Gasteiger partial charge on any atom is -0.432 e. The molecule has 3 heterocycles. The van der Waals surface area contributed by atoms with Crippen LogP contribution in [0, 0.1) is 22.0 Å². The third kappa shape index (κ3) is 5.30. The van der Waals surface area contributed by atoms with E-state index in [1.807, 2.05) is 31.2 Å². The van der Waals surface area contributed by atoms with Gasteiger partial charge < -0.3 is 30.2 Å². The molecule has 2 aromatic rings. The number of hydrogen-bond acceptors (Lipinski definition) is 8. The number of aliphatic hydroxyl groups excluding tert-OH is 1. The van der Waals surface area contributed by atoms with Crippen LogP contribution in [0.2, 0.25) is 18.6 Å². The van der Waals surface area contributed by atoms with Crippen LogP contribution in [0.15, 0.2) is 42.5 Å². The van der Waals surface area contributed by atoms with Gasteiger partial charge in [0.25, 0.3) is 11.6 Å². The van der Waals surface area contributed by atoms with Crippen molar-refractivity contribution in [3.8, 4) is 0 Å². The summed E-state index contributed by atoms with van der Waals surface area (Å²) < 4.78 is 6.52. The zero-order valence-corrected chi connectivity index (χ0v) is 24.6. The Morgan fingerprint density at radius 2 is 2.07 bits per heavy atom. The van der Waals surface area contributed by atoms with E-state index < -0.39 is 30.9 Å². The highest BCUT2D eigenvalue weighted by atomic mass is 28.4. The van der Waals surface area contributed by atoms with E-state index in [1.54, 1.807) is 24.1 Å². The van der Waals surface area contributed by atoms with Gasteiger partial charge in [0.05, 0.1) is 29.2 Å². The maximum Gasteiger partial charge on any atom is 0.269 e. The lowest BCUT2D eigenvalue weighted by Crippen LogP contribution is -2.46. The van der Waals surface area contributed by atoms with Crippen LogP contribution in [0.1, 0.15) is 37.3 Å². The van der Waals surface area contributed by atoms with Crippen molar-refractivity contribution in [2.75, 3.05) is 29.9 Å². The molecule has 0 aromatic heterocycles. The number of benzene rings is 2. The Labute approximate surface area is 240 Å². The van der Waals surface area contributed by atoms with Crippen molar-refractivity contribution in [2.24, 2.45) is 11.8 Å². The molecule has 5 rings (SSSR count). The van der Waals surface area contributed by atoms with Crippen LogP contribution in [0.5, 0.6) is 0 Å². The molecule has 0 radical (unpaired) electrons. The summed E-state index contributed by atoms with van der Waals surface area (Å²) in [7, 11) is -2.89. The number of nitrogens with one attached hydrogen (secondary N) is 2. The minimum absolute atomic E-state index is 0.0480. The quantitative estimate of drug-likeness (QED) is 0.210. The first-order valence-corrected chi connectivity index (χ1v) is 17.2. The lowest BCUT2D eigenvalue weighted by atomic mass is 9.82. The van der Waals surface area contributed by atoms with Crippen LogP contribution in [0.3, 0.4) is 0 Å². The predicted octanol–water partition coefficient (Wildman–Crippen LogP) is 3.26. The molecule has 0 bridgehead atoms. The summed E-state index contributed by atoms with van der Waals surface area (Å²) in [5.74, 6) is -0.992. The van der Waals surface area contributed by atoms with Gasteiger partial charge in [0.1, 0.15) is 0 Å². The standard InChI is InChI=1S/C29H38N4O7Si/c1-18-26(41(2,3)39)25(11-13-34)40-29(18)23-15-22(33(37)38)9-10-24(23)32(28(29)36)17-19-6-4-8-21(14-19)31-27(35)20-7-5-12-30-16-20/h4,6,8-10,14-15,18,20,25-26,30,34,39H,5,7,11-13,16-17H2,1-3H3,(H,31,35)/t18-,20?,25+,26-,29+/m0/s1. The minimum atomic E-state index is -2.89. The van der Waals surface area contributed by atoms with Gasteiger partial charge in [0.2, 0.25) is 5.91 Å². The summed E-state index contributed by atoms with van der Waals surface area (Å²) in [5.41, 5.74) is 0.253. The van der Waals surface area contributed by atoms with Crippen molar-refractivity contribution < 1.29 is 29.2 Å². The Morgan fingerprint density at radius 1 is 1.29 bits per heavy atom. The van der Waals surface area contributed by atoms with Crippen molar-refractivity contribution in [3.63, 3.8) is 0 Å². The number of piperidine rings is 1. The molecule has 3 aliphatic rings. The number of rotatable bonds is 8. The molecular weight excluding hydrogens is 544 g/mol. The average Bonchev–Trinajstić information content (AvgIpc) is 3.36. The molecule has 11 nitrogen and oxygen atoms in total. The summed E-state index contributed by atoms with van der Waals surface area (Å²) in [4.78, 5) is 51.2. The van der Waals surface area contributed by atoms with E-state index in [-0.39, 0.29) is 48.5 Å². The number of nitrogens with zero attached hydrogens (tertiary/aromatic N) is 2. The highest BCUT2D eigenvalue weighted by molar-refractivity contribution is 6.71. The van der Waals surface area contributed by atoms with Crippen LogP contribution in [-0.4, -0.2) is 60.8 Å². The second-order valence-electron chi connectivity index (χ2n) is 12.0. The van der Waals surface area contributed by atoms with E-state index >= 15 is 0 Å². The fourth-order valence-electron chi connectivity index (χ4n) is 6.98. The van der Waals surface area contributed by atoms with E-state index in [0.717, 1.165) is 24.9 Å². The number of hydrogen-bond donors (Lipinski definition) is 4. The van der Waals surface area contributed by atoms with E-state index in [0.29, 0.717) is 23.5 Å². The fraction of sp³-hybridized carbons (Fsp3) is 0.517. The molecule has 2 amide bonds. The SMILES string of the molecule is C[C@H]1[C@H]([Si](C)(C)O)[C@@H](CCO)O[C@]12C(=O)N(Cc1cccc(NC(=O)C3CCCNC3)c1)c1ccc([N+](=O)[O-])cc12. The normalized spacial score (nSPS) is 27.7. The van der Waals surface area contributed by atoms with Crippen molar-refractivity contribution in [2.45, 2.75) is 63.1 Å². The van der Waals surface area contributed by atoms with Gasteiger partial charge in [-0.2, -0.15) is 0 Å². The number of non-ortho nitro benzene ring substituents is 1. The van der Waals surface area contributed by atoms with Crippen LogP contribution >= 0.6 is 0 Å². The van der Waals surface area contributed by atoms with Gasteiger partial charge in [-0.25, -0.2) is 0 Å². The molecule has 12 heteroatoms. The smallest absolute Gasteiger partial charge is 0.269 e. The summed E-state index contributed by atoms with van der Waals surface area (Å²) in [6.45, 7) is 6.97. The summed E-state index contributed by atoms with van der Waals surface area (Å²) in [6, 6.07) is 11.7. The number of nitro benzene ring substituents is 1. The highest BCUT2D eigenvalue weighted by Gasteiger charge is 2.66. The number of amides is 2. The zero-order valence-electron chi connectivity index (χ0n) is 23.6. The summed E-state index contributed by atoms with van der Waals surface area (Å²) in [5, 5.41) is 27.7. The van der Waals surface area contributed by atoms with E-state index in [4.69, 9.17) is 4.74 Å². The van der Waals surface area contributed by atoms with Gasteiger partial charge in [-0.3, -0.25) is 19.7 Å². The average molecular weight is 583 g/mol. The van der Waals surface area contributed by atoms with E-state index in [1.165, 1.54) is 12.1 Å². The maximum atomic E-state index is 14.4. The Morgan fingerprint density at radius 3 is 2.73 bits per heavy atom. The van der Waals surface area contributed by atoms with Crippen molar-refractivity contribution >= 4 is 37.2 Å². The summed E-state index contributed by atoms with van der Waals surface area (Å²) >= 11 is 0. The lowest BCUT2D eigenvalue weighted by molar-refractivity contribution is -0.385. The Kier molecular flexibility index (Phi) is 8.05. The number of nitro groups is 1. The molecule has 41 heavy (non-hydrogen) atoms. The molecule has 1 spiro atoms. The number of fused-ring (bicyclic) bond motifs is 2. The number of aliphatic hydroxyl groups is 1. The molecule has 0 saturated carbocycles. The van der Waals surface area contributed by atoms with Gasteiger partial charge in [0.15, 0.2) is 13.9 Å². The number of ether oxygens (including phenoxy) is 1. The van der Waals surface area contributed by atoms with Crippen LogP contribution in [-0.2, 0) is 26.5 Å². The van der Waals surface area contributed by atoms with Crippen molar-refractivity contribution in [1.82, 2.24) is 5.32 Å². The first-order chi connectivity index (χ1) is 19.5. The van der Waals surface area contributed by atoms with Crippen molar-refractivity contribution in [1.29, 1.82) is 0 Å². The van der Waals surface area contributed by atoms with Gasteiger partial charge >= 0.3 is 0 Å². The molecule has 0 aliphatic carbocycles. The molecule has 4 N–H and O–H groups in total. The predicted molar refractivity (Wildman–Crippen MR) is 156 cm³/mol. The number of anilines is 2. The second kappa shape index (κ2) is 11.3. The molecule has 2 fully saturated rings. The summed E-state index contributed by atoms with van der Waals surface area (Å²) in [6.07, 6.45) is 1.44. The van der Waals surface area contributed by atoms with Gasteiger partial charge in [-0.05, 0) is 62.7 Å². The Balaban J connectivity index is 1.49. The van der Waals surface area contributed by atoms with Gasteiger partial charge in [-0.15, -0.1) is 0 Å². The van der Waals surface area contributed by atoms with Crippen LogP contribution in [0.4, 0.5) is 17.1 Å². The van der Waals surface area contributed by atoms with E-state index in [9.17, 15) is 29.6 Å². The van der Waals surface area contributed by atoms with Crippen molar-refractivity contribution in [3.05, 3.63) is 63.7 Å². The first kappa shape index (κ1) is 29.3. The number of carbonyl (C=O) groups is 2. The Hall–Kier alpha value is -3.16. The fourth-order valence-corrected chi connectivity index (χ4v) is 9.59. The van der Waals surface area contributed by atoms with Crippen LogP contribution < -0.4 is 15.5 Å². The van der Waals surface area contributed by atoms with Gasteiger partial charge in [-0.1, -0.05) is 19.1 Å². The molecule has 5 atom stereocenters. The maximum absolute atomic E-state index is 14.4. The van der Waals surface area contributed by atoms with Crippen LogP contribution in [0.25, 0.3) is 0 Å². The highest BCUT2D eigenvalue weighted by Crippen LogP contribution is 2.60. The molecule has 3 aliphatic heterocycles. The largest absolute Gasteiger partial charge is 0.432 e. The van der Waals surface area contributed by atoms with E-state index in [2.05, 4.69) is 10.6 Å². The third-order valence-electron chi connectivity index (χ3n) is 8.79. The molecule has 1 unspecified atom stereocenters. The zero-order chi connectivity index (χ0) is 29.5. The molecule has 2 aromatic carbocycles. The number of carbonyl (C=O) groups excluding carboxylic acids is 2.